The van der Waals surface area contributed by atoms with Crippen molar-refractivity contribution in [3.8, 4) is 5.75 Å². The molecule has 0 bridgehead atoms. The zero-order valence-corrected chi connectivity index (χ0v) is 17.0. The first-order chi connectivity index (χ1) is 14.6. The number of carbonyl (C=O) groups excluding carboxylic acids is 1. The molecule has 1 aromatic heterocycles. The van der Waals surface area contributed by atoms with Gasteiger partial charge in [0.2, 0.25) is 0 Å². The maximum Gasteiger partial charge on any atom is 0.260 e. The lowest BCUT2D eigenvalue weighted by Crippen LogP contribution is -2.33. The average Bonchev–Trinajstić information content (AvgIpc) is 2.77. The molecule has 30 heavy (non-hydrogen) atoms. The predicted octanol–water partition coefficient (Wildman–Crippen LogP) is 5.04. The van der Waals surface area contributed by atoms with Crippen LogP contribution in [0.1, 0.15) is 15.9 Å². The summed E-state index contributed by atoms with van der Waals surface area (Å²) >= 11 is 6.28. The largest absolute Gasteiger partial charge is 0.497 e. The molecule has 4 rings (SSSR count). The van der Waals surface area contributed by atoms with Gasteiger partial charge in [-0.3, -0.25) is 9.59 Å². The van der Waals surface area contributed by atoms with Gasteiger partial charge in [0.1, 0.15) is 5.75 Å². The van der Waals surface area contributed by atoms with Crippen LogP contribution in [0.2, 0.25) is 5.02 Å². The molecule has 4 aromatic rings. The number of fused-ring (bicyclic) bond motifs is 1. The second-order valence-corrected chi connectivity index (χ2v) is 7.19. The molecule has 0 spiro atoms. The number of hydrogen-bond acceptors (Lipinski definition) is 3. The molecule has 150 valence electrons. The van der Waals surface area contributed by atoms with Gasteiger partial charge in [-0.2, -0.15) is 0 Å². The van der Waals surface area contributed by atoms with Crippen molar-refractivity contribution in [2.45, 2.75) is 6.54 Å². The number of aromatic amines is 1. The van der Waals surface area contributed by atoms with Crippen LogP contribution in [-0.2, 0) is 6.54 Å². The number of methoxy groups -OCH3 is 1. The lowest BCUT2D eigenvalue weighted by molar-refractivity contribution is 0.0985. The van der Waals surface area contributed by atoms with Crippen LogP contribution >= 0.6 is 11.6 Å². The fraction of sp³-hybridized carbons (Fsp3) is 0.0833. The molecule has 0 aliphatic rings. The van der Waals surface area contributed by atoms with Crippen LogP contribution in [0.4, 0.5) is 5.69 Å². The highest BCUT2D eigenvalue weighted by molar-refractivity contribution is 6.34. The number of benzene rings is 3. The van der Waals surface area contributed by atoms with E-state index < -0.39 is 0 Å². The van der Waals surface area contributed by atoms with Gasteiger partial charge in [-0.25, -0.2) is 0 Å². The molecular weight excluding hydrogens is 400 g/mol. The lowest BCUT2D eigenvalue weighted by Gasteiger charge is -2.23. The Bertz CT molecular complexity index is 1270. The number of para-hydroxylation sites is 1. The smallest absolute Gasteiger partial charge is 0.260 e. The topological polar surface area (TPSA) is 62.4 Å². The molecule has 1 amide bonds. The van der Waals surface area contributed by atoms with Crippen molar-refractivity contribution in [3.63, 3.8) is 0 Å². The lowest BCUT2D eigenvalue weighted by atomic mass is 10.1. The number of rotatable bonds is 5. The molecule has 0 aliphatic heterocycles. The maximum absolute atomic E-state index is 13.4. The van der Waals surface area contributed by atoms with E-state index in [0.29, 0.717) is 27.6 Å². The number of carbonyl (C=O) groups is 1. The van der Waals surface area contributed by atoms with Crippen molar-refractivity contribution < 1.29 is 9.53 Å². The Hall–Kier alpha value is -3.57. The summed E-state index contributed by atoms with van der Waals surface area (Å²) in [7, 11) is 1.58. The molecule has 0 saturated heterocycles. The van der Waals surface area contributed by atoms with E-state index >= 15 is 0 Å². The van der Waals surface area contributed by atoms with Gasteiger partial charge in [0.15, 0.2) is 0 Å². The molecular formula is C24H19ClN2O3. The summed E-state index contributed by atoms with van der Waals surface area (Å²) in [5.41, 5.74) is 1.99. The van der Waals surface area contributed by atoms with Gasteiger partial charge < -0.3 is 14.6 Å². The van der Waals surface area contributed by atoms with Crippen LogP contribution in [0, 0.1) is 0 Å². The van der Waals surface area contributed by atoms with E-state index in [1.165, 1.54) is 0 Å². The Morgan fingerprint density at radius 2 is 1.70 bits per heavy atom. The highest BCUT2D eigenvalue weighted by Gasteiger charge is 2.21. The van der Waals surface area contributed by atoms with Gasteiger partial charge in [0, 0.05) is 16.8 Å². The summed E-state index contributed by atoms with van der Waals surface area (Å²) in [6.07, 6.45) is 0. The molecule has 1 N–H and O–H groups in total. The van der Waals surface area contributed by atoms with Crippen molar-refractivity contribution in [1.29, 1.82) is 0 Å². The van der Waals surface area contributed by atoms with E-state index in [2.05, 4.69) is 4.98 Å². The highest BCUT2D eigenvalue weighted by Crippen LogP contribution is 2.25. The SMILES string of the molecule is COc1ccc(N(Cc2cc3ccccc3[nH]c2=O)C(=O)c2ccccc2Cl)cc1. The fourth-order valence-corrected chi connectivity index (χ4v) is 3.52. The Morgan fingerprint density at radius 3 is 2.43 bits per heavy atom. The second kappa shape index (κ2) is 8.43. The fourth-order valence-electron chi connectivity index (χ4n) is 3.30. The van der Waals surface area contributed by atoms with Crippen molar-refractivity contribution in [3.05, 3.63) is 105 Å². The third-order valence-corrected chi connectivity index (χ3v) is 5.22. The molecule has 0 unspecified atom stereocenters. The monoisotopic (exact) mass is 418 g/mol. The minimum atomic E-state index is -0.293. The van der Waals surface area contributed by atoms with E-state index in [0.717, 1.165) is 10.9 Å². The number of ether oxygens (including phenoxy) is 1. The highest BCUT2D eigenvalue weighted by atomic mass is 35.5. The molecule has 3 aromatic carbocycles. The average molecular weight is 419 g/mol. The number of nitrogens with zero attached hydrogens (tertiary/aromatic N) is 1. The van der Waals surface area contributed by atoms with Crippen LogP contribution in [-0.4, -0.2) is 18.0 Å². The molecule has 6 heteroatoms. The first-order valence-electron chi connectivity index (χ1n) is 9.38. The number of H-pyrrole nitrogens is 1. The second-order valence-electron chi connectivity index (χ2n) is 6.78. The third-order valence-electron chi connectivity index (χ3n) is 4.89. The standard InChI is InChI=1S/C24H19ClN2O3/c1-30-19-12-10-18(11-13-19)27(24(29)20-7-3-4-8-21(20)25)15-17-14-16-6-2-5-9-22(16)26-23(17)28/h2-14H,15H2,1H3,(H,26,28). The van der Waals surface area contributed by atoms with Crippen LogP contribution in [0.3, 0.4) is 0 Å². The van der Waals surface area contributed by atoms with Crippen LogP contribution in [0.15, 0.2) is 83.7 Å². The van der Waals surface area contributed by atoms with E-state index in [4.69, 9.17) is 16.3 Å². The molecule has 5 nitrogen and oxygen atoms in total. The molecule has 1 heterocycles. The van der Waals surface area contributed by atoms with Crippen LogP contribution in [0.25, 0.3) is 10.9 Å². The summed E-state index contributed by atoms with van der Waals surface area (Å²) < 4.78 is 5.22. The zero-order valence-electron chi connectivity index (χ0n) is 16.3. The first kappa shape index (κ1) is 19.7. The number of halogens is 1. The number of amides is 1. The summed E-state index contributed by atoms with van der Waals surface area (Å²) in [6.45, 7) is 0.0938. The van der Waals surface area contributed by atoms with E-state index in [-0.39, 0.29) is 18.0 Å². The summed E-state index contributed by atoms with van der Waals surface area (Å²) in [6, 6.07) is 23.3. The van der Waals surface area contributed by atoms with Gasteiger partial charge in [-0.1, -0.05) is 41.9 Å². The van der Waals surface area contributed by atoms with Gasteiger partial charge >= 0.3 is 0 Å². The van der Waals surface area contributed by atoms with Gasteiger partial charge in [-0.15, -0.1) is 0 Å². The molecule has 0 radical (unpaired) electrons. The van der Waals surface area contributed by atoms with Crippen molar-refractivity contribution >= 4 is 34.1 Å². The predicted molar refractivity (Wildman–Crippen MR) is 120 cm³/mol. The molecule has 0 aliphatic carbocycles. The molecule has 0 saturated carbocycles. The van der Waals surface area contributed by atoms with Gasteiger partial charge in [-0.05, 0) is 53.9 Å². The summed E-state index contributed by atoms with van der Waals surface area (Å²) in [5.74, 6) is 0.380. The minimum absolute atomic E-state index is 0.0938. The van der Waals surface area contributed by atoms with E-state index in [9.17, 15) is 9.59 Å². The first-order valence-corrected chi connectivity index (χ1v) is 9.76. The van der Waals surface area contributed by atoms with Crippen molar-refractivity contribution in [2.24, 2.45) is 0 Å². The zero-order chi connectivity index (χ0) is 21.1. The number of hydrogen-bond donors (Lipinski definition) is 1. The van der Waals surface area contributed by atoms with E-state index in [1.807, 2.05) is 30.3 Å². The van der Waals surface area contributed by atoms with Crippen LogP contribution < -0.4 is 15.2 Å². The van der Waals surface area contributed by atoms with Crippen molar-refractivity contribution in [1.82, 2.24) is 4.98 Å². The Balaban J connectivity index is 1.79. The van der Waals surface area contributed by atoms with Gasteiger partial charge in [0.05, 0.1) is 24.2 Å². The van der Waals surface area contributed by atoms with Crippen molar-refractivity contribution in [2.75, 3.05) is 12.0 Å². The van der Waals surface area contributed by atoms with E-state index in [1.54, 1.807) is 60.5 Å². The summed E-state index contributed by atoms with van der Waals surface area (Å²) in [4.78, 5) is 30.5. The number of pyridine rings is 1. The third kappa shape index (κ3) is 3.93. The number of aromatic nitrogens is 1. The maximum atomic E-state index is 13.4. The van der Waals surface area contributed by atoms with Gasteiger partial charge in [0.25, 0.3) is 11.5 Å². The normalized spacial score (nSPS) is 10.7. The Labute approximate surface area is 178 Å². The van der Waals surface area contributed by atoms with Crippen LogP contribution in [0.5, 0.6) is 5.75 Å². The minimum Gasteiger partial charge on any atom is -0.497 e. The number of anilines is 1. The summed E-state index contributed by atoms with van der Waals surface area (Å²) in [5, 5.41) is 1.25. The molecule has 0 atom stereocenters. The molecule has 0 fully saturated rings. The number of nitrogens with one attached hydrogen (secondary N) is 1. The Kier molecular flexibility index (Phi) is 5.55. The Morgan fingerprint density at radius 1 is 1.00 bits per heavy atom. The quantitative estimate of drug-likeness (QED) is 0.494.